The first-order valence-electron chi connectivity index (χ1n) is 5.81. The van der Waals surface area contributed by atoms with Crippen LogP contribution in [-0.4, -0.2) is 37.1 Å². The largest absolute Gasteiger partial charge is 0.385 e. The lowest BCUT2D eigenvalue weighted by atomic mass is 10.3. The van der Waals surface area contributed by atoms with E-state index in [0.717, 1.165) is 12.1 Å². The number of benzene rings is 1. The average Bonchev–Trinajstić information content (AvgIpc) is 2.37. The van der Waals surface area contributed by atoms with Crippen LogP contribution in [0.5, 0.6) is 0 Å². The quantitative estimate of drug-likeness (QED) is 0.570. The molecule has 0 aliphatic rings. The van der Waals surface area contributed by atoms with E-state index in [1.165, 1.54) is 12.1 Å². The Morgan fingerprint density at radius 3 is 2.40 bits per heavy atom. The van der Waals surface area contributed by atoms with E-state index in [9.17, 15) is 20.7 Å². The van der Waals surface area contributed by atoms with E-state index in [-0.39, 0.29) is 11.4 Å². The highest BCUT2D eigenvalue weighted by atomic mass is 32.3. The van der Waals surface area contributed by atoms with Gasteiger partial charge in [0.25, 0.3) is 0 Å². The van der Waals surface area contributed by atoms with Crippen LogP contribution >= 0.6 is 0 Å². The number of hydrogen-bond donors (Lipinski definition) is 1. The fourth-order valence-corrected chi connectivity index (χ4v) is 3.16. The molecule has 0 atom stereocenters. The summed E-state index contributed by atoms with van der Waals surface area (Å²) in [4.78, 5) is -0.970. The molecule has 0 aliphatic carbocycles. The molecule has 0 amide bonds. The lowest BCUT2D eigenvalue weighted by molar-refractivity contribution is 0.193. The molecule has 1 N–H and O–H groups in total. The molecule has 1 rings (SSSR count). The van der Waals surface area contributed by atoms with Crippen molar-refractivity contribution in [2.75, 3.05) is 20.3 Å². The van der Waals surface area contributed by atoms with Gasteiger partial charge in [0.2, 0.25) is 10.0 Å². The minimum absolute atomic E-state index is 0.193. The van der Waals surface area contributed by atoms with Crippen LogP contribution in [0, 0.1) is 0 Å². The van der Waals surface area contributed by atoms with Crippen molar-refractivity contribution in [1.82, 2.24) is 4.72 Å². The number of nitrogens with one attached hydrogen (secondary N) is 1. The van der Waals surface area contributed by atoms with Crippen LogP contribution in [-0.2, 0) is 25.0 Å². The van der Waals surface area contributed by atoms with Gasteiger partial charge in [-0.15, -0.1) is 3.89 Å². The molecule has 0 heterocycles. The number of rotatable bonds is 8. The Labute approximate surface area is 118 Å². The maximum Gasteiger partial charge on any atom is 0.332 e. The summed E-state index contributed by atoms with van der Waals surface area (Å²) in [6.07, 6.45) is 1.27. The maximum absolute atomic E-state index is 12.8. The fraction of sp³-hybridized carbons (Fsp3) is 0.455. The van der Waals surface area contributed by atoms with Crippen molar-refractivity contribution < 1.29 is 25.5 Å². The van der Waals surface area contributed by atoms with Gasteiger partial charge in [-0.2, -0.15) is 8.42 Å². The van der Waals surface area contributed by atoms with Gasteiger partial charge in [0, 0.05) is 20.3 Å². The van der Waals surface area contributed by atoms with E-state index in [1.807, 2.05) is 0 Å². The highest BCUT2D eigenvalue weighted by molar-refractivity contribution is 7.89. The Bertz CT molecular complexity index is 643. The summed E-state index contributed by atoms with van der Waals surface area (Å²) in [6, 6.07) is 4.15. The molecular weight excluding hydrogens is 309 g/mol. The SMILES string of the molecule is COCCCCNS(=O)(=O)c1cccc(S(=O)(=O)F)c1. The number of sulfonamides is 1. The second-order valence-electron chi connectivity index (χ2n) is 4.01. The molecular formula is C11H16FNO5S2. The molecule has 0 bridgehead atoms. The lowest BCUT2D eigenvalue weighted by Gasteiger charge is -2.07. The van der Waals surface area contributed by atoms with Crippen molar-refractivity contribution in [1.29, 1.82) is 0 Å². The van der Waals surface area contributed by atoms with Crippen molar-refractivity contribution in [2.24, 2.45) is 0 Å². The molecule has 0 saturated carbocycles. The van der Waals surface area contributed by atoms with Crippen LogP contribution in [0.15, 0.2) is 34.1 Å². The Morgan fingerprint density at radius 2 is 1.80 bits per heavy atom. The van der Waals surface area contributed by atoms with E-state index >= 15 is 0 Å². The number of methoxy groups -OCH3 is 1. The summed E-state index contributed by atoms with van der Waals surface area (Å²) in [5.41, 5.74) is 0. The van der Waals surface area contributed by atoms with E-state index in [0.29, 0.717) is 19.4 Å². The van der Waals surface area contributed by atoms with Crippen LogP contribution in [0.3, 0.4) is 0 Å². The molecule has 1 aromatic carbocycles. The number of halogens is 1. The zero-order valence-corrected chi connectivity index (χ0v) is 12.5. The number of unbranched alkanes of at least 4 members (excludes halogenated alkanes) is 1. The monoisotopic (exact) mass is 325 g/mol. The molecule has 0 aromatic heterocycles. The van der Waals surface area contributed by atoms with Crippen LogP contribution in [0.25, 0.3) is 0 Å². The van der Waals surface area contributed by atoms with E-state index in [1.54, 1.807) is 7.11 Å². The van der Waals surface area contributed by atoms with Crippen LogP contribution < -0.4 is 4.72 Å². The Kier molecular flexibility index (Phi) is 6.06. The summed E-state index contributed by atoms with van der Waals surface area (Å²) in [5, 5.41) is 0. The Morgan fingerprint density at radius 1 is 1.15 bits per heavy atom. The van der Waals surface area contributed by atoms with E-state index < -0.39 is 25.1 Å². The summed E-state index contributed by atoms with van der Waals surface area (Å²) in [5.74, 6) is 0. The number of hydrogen-bond acceptors (Lipinski definition) is 5. The normalized spacial score (nSPS) is 12.5. The average molecular weight is 325 g/mol. The van der Waals surface area contributed by atoms with Crippen LogP contribution in [0.1, 0.15) is 12.8 Å². The minimum atomic E-state index is -4.93. The smallest absolute Gasteiger partial charge is 0.332 e. The van der Waals surface area contributed by atoms with Crippen molar-refractivity contribution in [3.05, 3.63) is 24.3 Å². The van der Waals surface area contributed by atoms with Crippen molar-refractivity contribution in [3.63, 3.8) is 0 Å². The first-order chi connectivity index (χ1) is 9.27. The molecule has 6 nitrogen and oxygen atoms in total. The third-order valence-electron chi connectivity index (χ3n) is 2.46. The second kappa shape index (κ2) is 7.11. The van der Waals surface area contributed by atoms with Gasteiger partial charge in [-0.3, -0.25) is 0 Å². The van der Waals surface area contributed by atoms with Gasteiger partial charge in [-0.1, -0.05) is 6.07 Å². The maximum atomic E-state index is 12.8. The zero-order valence-electron chi connectivity index (χ0n) is 10.9. The molecule has 0 unspecified atom stereocenters. The third-order valence-corrected chi connectivity index (χ3v) is 4.74. The highest BCUT2D eigenvalue weighted by Crippen LogP contribution is 2.17. The topological polar surface area (TPSA) is 89.5 Å². The van der Waals surface area contributed by atoms with E-state index in [4.69, 9.17) is 4.74 Å². The predicted octanol–water partition coefficient (Wildman–Crippen LogP) is 1.05. The van der Waals surface area contributed by atoms with Gasteiger partial charge in [-0.05, 0) is 31.0 Å². The van der Waals surface area contributed by atoms with E-state index in [2.05, 4.69) is 4.72 Å². The molecule has 0 radical (unpaired) electrons. The summed E-state index contributed by atoms with van der Waals surface area (Å²) >= 11 is 0. The first-order valence-corrected chi connectivity index (χ1v) is 8.67. The molecule has 0 fully saturated rings. The Hall–Kier alpha value is -1.03. The standard InChI is InChI=1S/C11H16FNO5S2/c1-18-8-3-2-7-13-20(16,17)11-6-4-5-10(9-11)19(12,14)15/h4-6,9,13H,2-3,7-8H2,1H3. The lowest BCUT2D eigenvalue weighted by Crippen LogP contribution is -2.25. The van der Waals surface area contributed by atoms with Crippen molar-refractivity contribution in [3.8, 4) is 0 Å². The predicted molar refractivity (Wildman–Crippen MR) is 71.0 cm³/mol. The fourth-order valence-electron chi connectivity index (χ4n) is 1.45. The van der Waals surface area contributed by atoms with Gasteiger partial charge in [0.1, 0.15) is 0 Å². The van der Waals surface area contributed by atoms with Crippen LogP contribution in [0.4, 0.5) is 3.89 Å². The molecule has 0 saturated heterocycles. The summed E-state index contributed by atoms with van der Waals surface area (Å²) < 4.78 is 65.2. The zero-order chi connectivity index (χ0) is 15.2. The number of ether oxygens (including phenoxy) is 1. The van der Waals surface area contributed by atoms with Gasteiger partial charge < -0.3 is 4.74 Å². The second-order valence-corrected chi connectivity index (χ2v) is 7.12. The minimum Gasteiger partial charge on any atom is -0.385 e. The van der Waals surface area contributed by atoms with Gasteiger partial charge in [0.05, 0.1) is 9.79 Å². The molecule has 0 spiro atoms. The molecule has 9 heteroatoms. The van der Waals surface area contributed by atoms with Crippen molar-refractivity contribution >= 4 is 20.2 Å². The highest BCUT2D eigenvalue weighted by Gasteiger charge is 2.18. The summed E-state index contributed by atoms with van der Waals surface area (Å²) in [7, 11) is -7.23. The van der Waals surface area contributed by atoms with Gasteiger partial charge in [0.15, 0.2) is 0 Å². The van der Waals surface area contributed by atoms with Gasteiger partial charge in [-0.25, -0.2) is 13.1 Å². The Balaban J connectivity index is 2.78. The third kappa shape index (κ3) is 5.16. The summed E-state index contributed by atoms with van der Waals surface area (Å²) in [6.45, 7) is 0.718. The first kappa shape index (κ1) is 17.0. The molecule has 20 heavy (non-hydrogen) atoms. The van der Waals surface area contributed by atoms with Gasteiger partial charge >= 0.3 is 10.2 Å². The van der Waals surface area contributed by atoms with Crippen molar-refractivity contribution in [2.45, 2.75) is 22.6 Å². The molecule has 114 valence electrons. The molecule has 1 aromatic rings. The van der Waals surface area contributed by atoms with Crippen LogP contribution in [0.2, 0.25) is 0 Å². The molecule has 0 aliphatic heterocycles.